The molecular weight excluding hydrogens is 204 g/mol. The highest BCUT2D eigenvalue weighted by Crippen LogP contribution is 2.23. The van der Waals surface area contributed by atoms with Crippen LogP contribution in [0.3, 0.4) is 0 Å². The van der Waals surface area contributed by atoms with E-state index in [2.05, 4.69) is 0 Å². The third-order valence-electron chi connectivity index (χ3n) is 1.73. The first-order valence-electron chi connectivity index (χ1n) is 4.15. The predicted octanol–water partition coefficient (Wildman–Crippen LogP) is 2.10. The van der Waals surface area contributed by atoms with Gasteiger partial charge in [-0.2, -0.15) is 0 Å². The maximum absolute atomic E-state index is 10.7. The van der Waals surface area contributed by atoms with E-state index in [9.17, 15) is 9.59 Å². The summed E-state index contributed by atoms with van der Waals surface area (Å²) < 4.78 is 0. The Kier molecular flexibility index (Phi) is 3.24. The highest BCUT2D eigenvalue weighted by atomic mass is 32.1. The molecule has 0 spiro atoms. The van der Waals surface area contributed by atoms with Crippen LogP contribution in [0, 0.1) is 0 Å². The Labute approximate surface area is 84.8 Å². The lowest BCUT2D eigenvalue weighted by molar-refractivity contribution is 0.0692. The van der Waals surface area contributed by atoms with Crippen LogP contribution < -0.4 is 0 Å². The summed E-state index contributed by atoms with van der Waals surface area (Å²) in [5.74, 6) is -2.12. The van der Waals surface area contributed by atoms with Crippen LogP contribution in [-0.2, 0) is 6.42 Å². The standard InChI is InChI=1S/C9H10O4S/c1-2-3-5-4-6(8(10)11)14-7(5)9(12)13/h4H,2-3H2,1H3,(H,10,11)(H,12,13). The Hall–Kier alpha value is -1.36. The first-order chi connectivity index (χ1) is 6.56. The lowest BCUT2D eigenvalue weighted by Gasteiger charge is -1.94. The normalized spacial score (nSPS) is 10.1. The number of carboxylic acid groups (broad SMARTS) is 2. The number of hydrogen-bond donors (Lipinski definition) is 2. The second kappa shape index (κ2) is 4.23. The van der Waals surface area contributed by atoms with E-state index in [1.54, 1.807) is 0 Å². The fraction of sp³-hybridized carbons (Fsp3) is 0.333. The van der Waals surface area contributed by atoms with Crippen LogP contribution in [-0.4, -0.2) is 22.2 Å². The summed E-state index contributed by atoms with van der Waals surface area (Å²) in [6, 6.07) is 1.44. The molecule has 0 atom stereocenters. The average Bonchev–Trinajstić information content (AvgIpc) is 2.49. The van der Waals surface area contributed by atoms with Crippen LogP contribution in [0.5, 0.6) is 0 Å². The van der Waals surface area contributed by atoms with Crippen molar-refractivity contribution in [1.82, 2.24) is 0 Å². The van der Waals surface area contributed by atoms with E-state index >= 15 is 0 Å². The van der Waals surface area contributed by atoms with Crippen LogP contribution in [0.2, 0.25) is 0 Å². The lowest BCUT2D eigenvalue weighted by atomic mass is 10.1. The zero-order valence-electron chi connectivity index (χ0n) is 7.61. The number of rotatable bonds is 4. The molecule has 0 amide bonds. The second-order valence-electron chi connectivity index (χ2n) is 2.83. The van der Waals surface area contributed by atoms with E-state index in [-0.39, 0.29) is 9.75 Å². The zero-order chi connectivity index (χ0) is 10.7. The second-order valence-corrected chi connectivity index (χ2v) is 3.88. The molecule has 4 nitrogen and oxygen atoms in total. The Bertz CT molecular complexity index is 367. The summed E-state index contributed by atoms with van der Waals surface area (Å²) in [4.78, 5) is 21.6. The lowest BCUT2D eigenvalue weighted by Crippen LogP contribution is -1.96. The number of thiophene rings is 1. The molecule has 0 radical (unpaired) electrons. The van der Waals surface area contributed by atoms with E-state index in [1.807, 2.05) is 6.92 Å². The summed E-state index contributed by atoms with van der Waals surface area (Å²) in [5, 5.41) is 17.5. The minimum Gasteiger partial charge on any atom is -0.477 e. The highest BCUT2D eigenvalue weighted by Gasteiger charge is 2.17. The fourth-order valence-corrected chi connectivity index (χ4v) is 2.06. The van der Waals surface area contributed by atoms with Gasteiger partial charge >= 0.3 is 11.9 Å². The van der Waals surface area contributed by atoms with Gasteiger partial charge < -0.3 is 10.2 Å². The van der Waals surface area contributed by atoms with Gasteiger partial charge in [0.1, 0.15) is 9.75 Å². The van der Waals surface area contributed by atoms with E-state index in [0.717, 1.165) is 17.8 Å². The SMILES string of the molecule is CCCc1cc(C(=O)O)sc1C(=O)O. The molecule has 1 aromatic rings. The molecule has 1 aromatic heterocycles. The largest absolute Gasteiger partial charge is 0.477 e. The van der Waals surface area contributed by atoms with Crippen LogP contribution in [0.1, 0.15) is 38.3 Å². The molecule has 2 N–H and O–H groups in total. The molecule has 0 aliphatic carbocycles. The minimum absolute atomic E-state index is 0.0888. The quantitative estimate of drug-likeness (QED) is 0.804. The van der Waals surface area contributed by atoms with Gasteiger partial charge in [0.05, 0.1) is 0 Å². The van der Waals surface area contributed by atoms with Crippen molar-refractivity contribution in [2.45, 2.75) is 19.8 Å². The Morgan fingerprint density at radius 2 is 2.00 bits per heavy atom. The van der Waals surface area contributed by atoms with Crippen molar-refractivity contribution < 1.29 is 19.8 Å². The molecule has 14 heavy (non-hydrogen) atoms. The van der Waals surface area contributed by atoms with Crippen LogP contribution in [0.25, 0.3) is 0 Å². The van der Waals surface area contributed by atoms with Crippen molar-refractivity contribution in [2.75, 3.05) is 0 Å². The molecular formula is C9H10O4S. The van der Waals surface area contributed by atoms with Crippen LogP contribution >= 0.6 is 11.3 Å². The first-order valence-corrected chi connectivity index (χ1v) is 4.97. The summed E-state index contributed by atoms with van der Waals surface area (Å²) in [7, 11) is 0. The van der Waals surface area contributed by atoms with Crippen LogP contribution in [0.15, 0.2) is 6.07 Å². The molecule has 0 aromatic carbocycles. The zero-order valence-corrected chi connectivity index (χ0v) is 8.43. The van der Waals surface area contributed by atoms with E-state index in [1.165, 1.54) is 6.07 Å². The molecule has 0 saturated heterocycles. The number of aryl methyl sites for hydroxylation is 1. The first kappa shape index (κ1) is 10.7. The van der Waals surface area contributed by atoms with Gasteiger partial charge in [-0.3, -0.25) is 0 Å². The number of carboxylic acids is 2. The fourth-order valence-electron chi connectivity index (χ4n) is 1.17. The molecule has 0 saturated carbocycles. The third-order valence-corrected chi connectivity index (χ3v) is 2.89. The van der Waals surface area contributed by atoms with Gasteiger partial charge in [-0.15, -0.1) is 11.3 Å². The molecule has 1 heterocycles. The summed E-state index contributed by atoms with van der Waals surface area (Å²) in [5.41, 5.74) is 0.613. The summed E-state index contributed by atoms with van der Waals surface area (Å²) >= 11 is 0.817. The average molecular weight is 214 g/mol. The van der Waals surface area contributed by atoms with Gasteiger partial charge in [-0.1, -0.05) is 13.3 Å². The van der Waals surface area contributed by atoms with Crippen molar-refractivity contribution in [3.05, 3.63) is 21.4 Å². The monoisotopic (exact) mass is 214 g/mol. The maximum atomic E-state index is 10.7. The van der Waals surface area contributed by atoms with Gasteiger partial charge in [0.15, 0.2) is 0 Å². The Morgan fingerprint density at radius 3 is 2.43 bits per heavy atom. The Balaban J connectivity index is 3.12. The number of aromatic carboxylic acids is 2. The van der Waals surface area contributed by atoms with Gasteiger partial charge in [-0.25, -0.2) is 9.59 Å². The van der Waals surface area contributed by atoms with Gasteiger partial charge in [0.2, 0.25) is 0 Å². The van der Waals surface area contributed by atoms with Gasteiger partial charge in [-0.05, 0) is 18.1 Å². The number of hydrogen-bond acceptors (Lipinski definition) is 3. The van der Waals surface area contributed by atoms with Crippen molar-refractivity contribution >= 4 is 23.3 Å². The minimum atomic E-state index is -1.07. The van der Waals surface area contributed by atoms with Crippen molar-refractivity contribution in [3.63, 3.8) is 0 Å². The smallest absolute Gasteiger partial charge is 0.346 e. The molecule has 0 aliphatic heterocycles. The molecule has 0 unspecified atom stereocenters. The molecule has 0 aliphatic rings. The van der Waals surface area contributed by atoms with Crippen molar-refractivity contribution in [2.24, 2.45) is 0 Å². The Morgan fingerprint density at radius 1 is 1.36 bits per heavy atom. The summed E-state index contributed by atoms with van der Waals surface area (Å²) in [6.07, 6.45) is 1.40. The predicted molar refractivity (Wildman–Crippen MR) is 52.2 cm³/mol. The summed E-state index contributed by atoms with van der Waals surface area (Å²) in [6.45, 7) is 1.92. The highest BCUT2D eigenvalue weighted by molar-refractivity contribution is 7.15. The molecule has 76 valence electrons. The van der Waals surface area contributed by atoms with E-state index in [0.29, 0.717) is 12.0 Å². The topological polar surface area (TPSA) is 74.6 Å². The number of carbonyl (C=O) groups is 2. The van der Waals surface area contributed by atoms with E-state index < -0.39 is 11.9 Å². The van der Waals surface area contributed by atoms with Gasteiger partial charge in [0.25, 0.3) is 0 Å². The molecule has 5 heteroatoms. The molecule has 0 fully saturated rings. The van der Waals surface area contributed by atoms with Gasteiger partial charge in [0, 0.05) is 0 Å². The van der Waals surface area contributed by atoms with Crippen molar-refractivity contribution in [3.8, 4) is 0 Å². The van der Waals surface area contributed by atoms with Crippen LogP contribution in [0.4, 0.5) is 0 Å². The third kappa shape index (κ3) is 2.11. The van der Waals surface area contributed by atoms with Crippen molar-refractivity contribution in [1.29, 1.82) is 0 Å². The van der Waals surface area contributed by atoms with E-state index in [4.69, 9.17) is 10.2 Å². The molecule has 0 bridgehead atoms. The molecule has 1 rings (SSSR count). The maximum Gasteiger partial charge on any atom is 0.346 e.